The Bertz CT molecular complexity index is 178. The predicted molar refractivity (Wildman–Crippen MR) is 60.3 cm³/mol. The van der Waals surface area contributed by atoms with E-state index in [0.717, 1.165) is 19.3 Å². The molecule has 0 heterocycles. The van der Waals surface area contributed by atoms with Crippen molar-refractivity contribution in [2.24, 2.45) is 5.73 Å². The summed E-state index contributed by atoms with van der Waals surface area (Å²) >= 11 is 0. The fourth-order valence-corrected chi connectivity index (χ4v) is 0.884. The van der Waals surface area contributed by atoms with Gasteiger partial charge in [0.05, 0.1) is 5.60 Å². The summed E-state index contributed by atoms with van der Waals surface area (Å²) < 4.78 is 0. The molecule has 0 aromatic rings. The first-order chi connectivity index (χ1) is 6.95. The van der Waals surface area contributed by atoms with Crippen molar-refractivity contribution in [3.8, 4) is 0 Å². The van der Waals surface area contributed by atoms with Crippen molar-refractivity contribution in [1.82, 2.24) is 10.8 Å². The average molecular weight is 217 g/mol. The maximum atomic E-state index is 11.2. The minimum Gasteiger partial charge on any atom is -0.336 e. The summed E-state index contributed by atoms with van der Waals surface area (Å²) in [6, 6.07) is -0.294. The van der Waals surface area contributed by atoms with Gasteiger partial charge in [0.25, 0.3) is 0 Å². The summed E-state index contributed by atoms with van der Waals surface area (Å²) in [4.78, 5) is 16.2. The Morgan fingerprint density at radius 1 is 1.27 bits per heavy atom. The molecule has 0 spiro atoms. The zero-order valence-electron chi connectivity index (χ0n) is 9.93. The van der Waals surface area contributed by atoms with Gasteiger partial charge in [0, 0.05) is 6.54 Å². The number of hydrogen-bond donors (Lipinski definition) is 3. The van der Waals surface area contributed by atoms with E-state index < -0.39 is 0 Å². The molecule has 0 saturated heterocycles. The van der Waals surface area contributed by atoms with Crippen LogP contribution >= 0.6 is 0 Å². The standard InChI is InChI=1S/C10H23N3O2/c1-10(2,3)15-13-9(14)12-8-6-4-5-7-11/h4-8,11H2,1-3H3,(H2,12,13,14). The van der Waals surface area contributed by atoms with Gasteiger partial charge in [-0.2, -0.15) is 0 Å². The smallest absolute Gasteiger partial charge is 0.336 e. The van der Waals surface area contributed by atoms with Crippen LogP contribution in [0.2, 0.25) is 0 Å². The zero-order valence-corrected chi connectivity index (χ0v) is 9.93. The SMILES string of the molecule is CC(C)(C)ONC(=O)NCCCCCN. The van der Waals surface area contributed by atoms with Gasteiger partial charge < -0.3 is 11.1 Å². The van der Waals surface area contributed by atoms with Crippen LogP contribution in [0, 0.1) is 0 Å². The first-order valence-corrected chi connectivity index (χ1v) is 5.37. The second-order valence-electron chi connectivity index (χ2n) is 4.42. The molecule has 0 aromatic carbocycles. The highest BCUT2D eigenvalue weighted by Gasteiger charge is 2.11. The van der Waals surface area contributed by atoms with Gasteiger partial charge >= 0.3 is 6.03 Å². The Hall–Kier alpha value is -0.810. The van der Waals surface area contributed by atoms with E-state index in [1.54, 1.807) is 0 Å². The number of carbonyl (C=O) groups is 1. The third-order valence-electron chi connectivity index (χ3n) is 1.62. The minimum atomic E-state index is -0.364. The van der Waals surface area contributed by atoms with Crippen LogP contribution in [0.5, 0.6) is 0 Å². The highest BCUT2D eigenvalue weighted by Crippen LogP contribution is 2.02. The van der Waals surface area contributed by atoms with E-state index in [1.165, 1.54) is 0 Å². The van der Waals surface area contributed by atoms with Crippen LogP contribution in [-0.4, -0.2) is 24.7 Å². The van der Waals surface area contributed by atoms with Gasteiger partial charge in [0.2, 0.25) is 0 Å². The molecule has 90 valence electrons. The monoisotopic (exact) mass is 217 g/mol. The van der Waals surface area contributed by atoms with E-state index in [-0.39, 0.29) is 11.6 Å². The highest BCUT2D eigenvalue weighted by atomic mass is 16.7. The van der Waals surface area contributed by atoms with Gasteiger partial charge in [-0.1, -0.05) is 6.42 Å². The first kappa shape index (κ1) is 14.2. The lowest BCUT2D eigenvalue weighted by Gasteiger charge is -2.19. The lowest BCUT2D eigenvalue weighted by atomic mass is 10.2. The maximum Gasteiger partial charge on any atom is 0.338 e. The predicted octanol–water partition coefficient (Wildman–Crippen LogP) is 1.14. The fourth-order valence-electron chi connectivity index (χ4n) is 0.884. The third-order valence-corrected chi connectivity index (χ3v) is 1.62. The maximum absolute atomic E-state index is 11.2. The van der Waals surface area contributed by atoms with Crippen molar-refractivity contribution in [3.63, 3.8) is 0 Å². The lowest BCUT2D eigenvalue weighted by Crippen LogP contribution is -2.40. The van der Waals surface area contributed by atoms with Crippen LogP contribution in [0.15, 0.2) is 0 Å². The van der Waals surface area contributed by atoms with Crippen molar-refractivity contribution in [3.05, 3.63) is 0 Å². The van der Waals surface area contributed by atoms with Crippen molar-refractivity contribution in [1.29, 1.82) is 0 Å². The quantitative estimate of drug-likeness (QED) is 0.461. The Morgan fingerprint density at radius 3 is 2.47 bits per heavy atom. The van der Waals surface area contributed by atoms with Gasteiger partial charge in [0.15, 0.2) is 0 Å². The molecule has 0 aliphatic carbocycles. The Labute approximate surface area is 91.7 Å². The molecule has 0 saturated carbocycles. The molecule has 0 rings (SSSR count). The molecule has 15 heavy (non-hydrogen) atoms. The summed E-state index contributed by atoms with van der Waals surface area (Å²) in [5.74, 6) is 0. The Kier molecular flexibility index (Phi) is 7.07. The number of nitrogens with one attached hydrogen (secondary N) is 2. The number of urea groups is 1. The Morgan fingerprint density at radius 2 is 1.93 bits per heavy atom. The summed E-state index contributed by atoms with van der Waals surface area (Å²) in [6.07, 6.45) is 2.98. The number of carbonyl (C=O) groups excluding carboxylic acids is 1. The molecule has 5 nitrogen and oxygen atoms in total. The van der Waals surface area contributed by atoms with E-state index in [1.807, 2.05) is 20.8 Å². The molecule has 0 aliphatic rings. The van der Waals surface area contributed by atoms with Gasteiger partial charge in [-0.05, 0) is 40.2 Å². The first-order valence-electron chi connectivity index (χ1n) is 5.37. The number of amides is 2. The molecule has 0 fully saturated rings. The molecule has 0 atom stereocenters. The van der Waals surface area contributed by atoms with Crippen LogP contribution in [0.1, 0.15) is 40.0 Å². The molecule has 0 radical (unpaired) electrons. The van der Waals surface area contributed by atoms with E-state index in [2.05, 4.69) is 10.8 Å². The number of nitrogens with two attached hydrogens (primary N) is 1. The molecule has 0 unspecified atom stereocenters. The molecule has 5 heteroatoms. The van der Waals surface area contributed by atoms with Crippen molar-refractivity contribution < 1.29 is 9.63 Å². The molecule has 0 aromatic heterocycles. The second-order valence-corrected chi connectivity index (χ2v) is 4.42. The molecule has 4 N–H and O–H groups in total. The minimum absolute atomic E-state index is 0.294. The van der Waals surface area contributed by atoms with Gasteiger partial charge in [0.1, 0.15) is 0 Å². The van der Waals surface area contributed by atoms with Gasteiger partial charge in [-0.25, -0.2) is 10.3 Å². The summed E-state index contributed by atoms with van der Waals surface area (Å²) in [7, 11) is 0. The normalized spacial score (nSPS) is 11.2. The van der Waals surface area contributed by atoms with Crippen LogP contribution in [0.4, 0.5) is 4.79 Å². The number of hydrogen-bond acceptors (Lipinski definition) is 3. The molecule has 0 bridgehead atoms. The average Bonchev–Trinajstić information content (AvgIpc) is 2.13. The summed E-state index contributed by atoms with van der Waals surface area (Å²) in [6.45, 7) is 6.97. The number of hydroxylamine groups is 1. The molecule has 0 aliphatic heterocycles. The van der Waals surface area contributed by atoms with Gasteiger partial charge in [-0.15, -0.1) is 0 Å². The van der Waals surface area contributed by atoms with E-state index in [9.17, 15) is 4.79 Å². The summed E-state index contributed by atoms with van der Waals surface area (Å²) in [5, 5.41) is 2.70. The van der Waals surface area contributed by atoms with Crippen LogP contribution < -0.4 is 16.5 Å². The van der Waals surface area contributed by atoms with E-state index in [0.29, 0.717) is 13.1 Å². The van der Waals surface area contributed by atoms with Crippen molar-refractivity contribution in [2.75, 3.05) is 13.1 Å². The number of rotatable bonds is 6. The van der Waals surface area contributed by atoms with Crippen molar-refractivity contribution in [2.45, 2.75) is 45.6 Å². The highest BCUT2D eigenvalue weighted by molar-refractivity contribution is 5.72. The number of unbranched alkanes of at least 4 members (excludes halogenated alkanes) is 2. The van der Waals surface area contributed by atoms with Crippen LogP contribution in [0.25, 0.3) is 0 Å². The van der Waals surface area contributed by atoms with E-state index >= 15 is 0 Å². The molecular weight excluding hydrogens is 194 g/mol. The summed E-state index contributed by atoms with van der Waals surface area (Å²) in [5.41, 5.74) is 7.32. The van der Waals surface area contributed by atoms with Crippen molar-refractivity contribution >= 4 is 6.03 Å². The fraction of sp³-hybridized carbons (Fsp3) is 0.900. The second kappa shape index (κ2) is 7.48. The Balaban J connectivity index is 3.34. The topological polar surface area (TPSA) is 76.4 Å². The van der Waals surface area contributed by atoms with Gasteiger partial charge in [-0.3, -0.25) is 4.84 Å². The van der Waals surface area contributed by atoms with Crippen LogP contribution in [0.3, 0.4) is 0 Å². The largest absolute Gasteiger partial charge is 0.338 e. The lowest BCUT2D eigenvalue weighted by molar-refractivity contribution is -0.0528. The van der Waals surface area contributed by atoms with E-state index in [4.69, 9.17) is 10.6 Å². The van der Waals surface area contributed by atoms with Crippen LogP contribution in [-0.2, 0) is 4.84 Å². The third kappa shape index (κ3) is 11.1. The molecule has 2 amide bonds. The zero-order chi connectivity index (χ0) is 11.7. The molecular formula is C10H23N3O2.